The van der Waals surface area contributed by atoms with Crippen molar-refractivity contribution in [2.75, 3.05) is 24.8 Å². The van der Waals surface area contributed by atoms with E-state index in [-0.39, 0.29) is 16.3 Å². The van der Waals surface area contributed by atoms with Crippen molar-refractivity contribution in [2.45, 2.75) is 13.0 Å². The molecule has 0 N–H and O–H groups in total. The first-order valence-corrected chi connectivity index (χ1v) is 11.4. The zero-order valence-corrected chi connectivity index (χ0v) is 18.9. The van der Waals surface area contributed by atoms with Gasteiger partial charge in [0.25, 0.3) is 5.91 Å². The molecule has 8 nitrogen and oxygen atoms in total. The van der Waals surface area contributed by atoms with Crippen LogP contribution in [0.5, 0.6) is 5.75 Å². The van der Waals surface area contributed by atoms with Crippen LogP contribution in [0.1, 0.15) is 22.1 Å². The number of hydrogen-bond acceptors (Lipinski definition) is 6. The van der Waals surface area contributed by atoms with E-state index in [1.807, 2.05) is 0 Å². The second-order valence-corrected chi connectivity index (χ2v) is 9.08. The number of carbonyl (C=O) groups is 2. The summed E-state index contributed by atoms with van der Waals surface area (Å²) in [5.41, 5.74) is 0.872. The monoisotopic (exact) mass is 464 g/mol. The zero-order valence-electron chi connectivity index (χ0n) is 17.3. The molecule has 0 aliphatic rings. The predicted molar refractivity (Wildman–Crippen MR) is 119 cm³/mol. The lowest BCUT2D eigenvalue weighted by molar-refractivity contribution is 0.0603. The minimum absolute atomic E-state index is 0.202. The maximum Gasteiger partial charge on any atom is 0.340 e. The van der Waals surface area contributed by atoms with Gasteiger partial charge in [-0.2, -0.15) is 0 Å². The molecule has 10 heteroatoms. The second kappa shape index (κ2) is 8.60. The summed E-state index contributed by atoms with van der Waals surface area (Å²) in [6, 6.07) is 10.1. The van der Waals surface area contributed by atoms with Crippen LogP contribution in [0.4, 0.5) is 5.69 Å². The molecule has 1 heterocycles. The lowest BCUT2D eigenvalue weighted by Gasteiger charge is -2.28. The Morgan fingerprint density at radius 3 is 2.39 bits per heavy atom. The van der Waals surface area contributed by atoms with Crippen LogP contribution >= 0.6 is 11.6 Å². The van der Waals surface area contributed by atoms with E-state index in [1.54, 1.807) is 24.3 Å². The Balaban J connectivity index is 2.12. The fraction of sp³-hybridized carbons (Fsp3) is 0.238. The smallest absolute Gasteiger partial charge is 0.340 e. The number of halogens is 1. The largest absolute Gasteiger partial charge is 0.495 e. The number of rotatable bonds is 6. The van der Waals surface area contributed by atoms with E-state index >= 15 is 0 Å². The van der Waals surface area contributed by atoms with Crippen LogP contribution in [0.15, 0.2) is 48.7 Å². The van der Waals surface area contributed by atoms with Crippen LogP contribution in [0.3, 0.4) is 0 Å². The predicted octanol–water partition coefficient (Wildman–Crippen LogP) is 3.58. The average Bonchev–Trinajstić information content (AvgIpc) is 3.11. The van der Waals surface area contributed by atoms with Gasteiger partial charge in [0.1, 0.15) is 11.8 Å². The number of esters is 1. The molecule has 2 aromatic carbocycles. The first-order chi connectivity index (χ1) is 14.6. The third kappa shape index (κ3) is 4.24. The number of methoxy groups -OCH3 is 2. The molecule has 3 aromatic rings. The molecular weight excluding hydrogens is 444 g/mol. The number of aromatic nitrogens is 1. The summed E-state index contributed by atoms with van der Waals surface area (Å²) in [6.07, 6.45) is 2.36. The number of anilines is 1. The lowest BCUT2D eigenvalue weighted by Crippen LogP contribution is -2.44. The summed E-state index contributed by atoms with van der Waals surface area (Å²) in [5.74, 6) is -0.780. The van der Waals surface area contributed by atoms with Crippen LogP contribution in [-0.4, -0.2) is 51.4 Å². The Morgan fingerprint density at radius 1 is 1.13 bits per heavy atom. The molecule has 0 fully saturated rings. The highest BCUT2D eigenvalue weighted by Crippen LogP contribution is 2.32. The minimum Gasteiger partial charge on any atom is -0.495 e. The number of nitrogens with zero attached hydrogens (tertiary/aromatic N) is 2. The van der Waals surface area contributed by atoms with Gasteiger partial charge in [-0.3, -0.25) is 13.7 Å². The van der Waals surface area contributed by atoms with Gasteiger partial charge < -0.3 is 9.47 Å². The lowest BCUT2D eigenvalue weighted by atomic mass is 10.2. The molecule has 0 saturated heterocycles. The van der Waals surface area contributed by atoms with E-state index in [2.05, 4.69) is 0 Å². The van der Waals surface area contributed by atoms with E-state index in [9.17, 15) is 18.0 Å². The molecule has 1 atom stereocenters. The van der Waals surface area contributed by atoms with Gasteiger partial charge in [-0.1, -0.05) is 29.8 Å². The summed E-state index contributed by atoms with van der Waals surface area (Å²) < 4.78 is 37.4. The van der Waals surface area contributed by atoms with Gasteiger partial charge in [-0.05, 0) is 31.2 Å². The number of hydrogen-bond donors (Lipinski definition) is 0. The minimum atomic E-state index is -3.87. The Morgan fingerprint density at radius 2 is 1.81 bits per heavy atom. The normalized spacial score (nSPS) is 12.4. The highest BCUT2D eigenvalue weighted by molar-refractivity contribution is 7.92. The first-order valence-electron chi connectivity index (χ1n) is 9.15. The van der Waals surface area contributed by atoms with Crippen molar-refractivity contribution in [2.24, 2.45) is 0 Å². The Hall–Kier alpha value is -3.04. The highest BCUT2D eigenvalue weighted by Gasteiger charge is 2.32. The number of sulfonamides is 1. The summed E-state index contributed by atoms with van der Waals surface area (Å²) in [6.45, 7) is 1.47. The Bertz CT molecular complexity index is 1270. The van der Waals surface area contributed by atoms with Gasteiger partial charge in [0.15, 0.2) is 0 Å². The van der Waals surface area contributed by atoms with Gasteiger partial charge in [0.05, 0.1) is 42.3 Å². The van der Waals surface area contributed by atoms with Gasteiger partial charge in [0, 0.05) is 11.6 Å². The van der Waals surface area contributed by atoms with Gasteiger partial charge >= 0.3 is 5.97 Å². The molecule has 0 unspecified atom stereocenters. The summed E-state index contributed by atoms with van der Waals surface area (Å²) in [5, 5.41) is 0.723. The number of benzene rings is 2. The SMILES string of the molecule is COC(=O)c1cn(C(=O)[C@@H](C)N(c2ccc(OC)c(Cl)c2)S(C)(=O)=O)c2ccccc12. The molecule has 0 spiro atoms. The molecule has 3 rings (SSSR count). The van der Waals surface area contributed by atoms with E-state index in [0.717, 1.165) is 10.6 Å². The van der Waals surface area contributed by atoms with Crippen LogP contribution in [0, 0.1) is 0 Å². The molecule has 0 radical (unpaired) electrons. The van der Waals surface area contributed by atoms with Gasteiger partial charge in [-0.25, -0.2) is 13.2 Å². The number of carbonyl (C=O) groups excluding carboxylic acids is 2. The van der Waals surface area contributed by atoms with Crippen molar-refractivity contribution in [1.82, 2.24) is 4.57 Å². The third-order valence-electron chi connectivity index (χ3n) is 4.81. The average molecular weight is 465 g/mol. The van der Waals surface area contributed by atoms with Crippen LogP contribution in [0.2, 0.25) is 5.02 Å². The summed E-state index contributed by atoms with van der Waals surface area (Å²) in [4.78, 5) is 25.6. The van der Waals surface area contributed by atoms with Crippen LogP contribution in [0.25, 0.3) is 10.9 Å². The number of fused-ring (bicyclic) bond motifs is 1. The maximum absolute atomic E-state index is 13.4. The fourth-order valence-electron chi connectivity index (χ4n) is 3.43. The molecule has 164 valence electrons. The van der Waals surface area contributed by atoms with E-state index in [4.69, 9.17) is 21.1 Å². The van der Waals surface area contributed by atoms with Crippen molar-refractivity contribution >= 4 is 50.1 Å². The van der Waals surface area contributed by atoms with E-state index < -0.39 is 27.9 Å². The molecule has 31 heavy (non-hydrogen) atoms. The van der Waals surface area contributed by atoms with Gasteiger partial charge in [0.2, 0.25) is 10.0 Å². The van der Waals surface area contributed by atoms with E-state index in [1.165, 1.54) is 50.1 Å². The molecule has 0 saturated carbocycles. The number of ether oxygens (including phenoxy) is 2. The van der Waals surface area contributed by atoms with Crippen molar-refractivity contribution in [1.29, 1.82) is 0 Å². The topological polar surface area (TPSA) is 94.9 Å². The van der Waals surface area contributed by atoms with Crippen molar-refractivity contribution in [3.63, 3.8) is 0 Å². The van der Waals surface area contributed by atoms with Crippen LogP contribution in [-0.2, 0) is 14.8 Å². The zero-order chi connectivity index (χ0) is 22.9. The highest BCUT2D eigenvalue weighted by atomic mass is 35.5. The molecule has 1 aromatic heterocycles. The summed E-state index contributed by atoms with van der Waals surface area (Å²) >= 11 is 6.17. The first kappa shape index (κ1) is 22.6. The fourth-order valence-corrected chi connectivity index (χ4v) is 4.84. The Kier molecular flexibility index (Phi) is 6.28. The molecule has 0 aliphatic heterocycles. The standard InChI is InChI=1S/C21H21ClN2O6S/c1-13(24(31(4,27)28)14-9-10-19(29-2)17(22)11-14)20(25)23-12-16(21(26)30-3)15-7-5-6-8-18(15)23/h5-13H,1-4H3/t13-/m1/s1. The van der Waals surface area contributed by atoms with Gasteiger partial charge in [-0.15, -0.1) is 0 Å². The Labute approximate surface area is 185 Å². The summed E-state index contributed by atoms with van der Waals surface area (Å²) in [7, 11) is -1.18. The number of para-hydroxylation sites is 1. The van der Waals surface area contributed by atoms with Crippen molar-refractivity contribution in [3.05, 3.63) is 59.2 Å². The van der Waals surface area contributed by atoms with Crippen molar-refractivity contribution in [3.8, 4) is 5.75 Å². The van der Waals surface area contributed by atoms with E-state index in [0.29, 0.717) is 16.7 Å². The molecule has 0 aliphatic carbocycles. The molecule has 0 bridgehead atoms. The second-order valence-electron chi connectivity index (χ2n) is 6.81. The third-order valence-corrected chi connectivity index (χ3v) is 6.35. The van der Waals surface area contributed by atoms with Crippen molar-refractivity contribution < 1.29 is 27.5 Å². The van der Waals surface area contributed by atoms with Crippen LogP contribution < -0.4 is 9.04 Å². The quantitative estimate of drug-likeness (QED) is 0.517. The maximum atomic E-state index is 13.4. The molecule has 0 amide bonds. The molecular formula is C21H21ClN2O6S.